The topological polar surface area (TPSA) is 47.5 Å². The minimum Gasteiger partial charge on any atom is -0.481 e. The molecular formula is C12H18BrN3O2. The number of alkyl halides is 1. The summed E-state index contributed by atoms with van der Waals surface area (Å²) in [6, 6.07) is 1.68. The van der Waals surface area contributed by atoms with Gasteiger partial charge in [-0.1, -0.05) is 22.9 Å². The summed E-state index contributed by atoms with van der Waals surface area (Å²) in [5, 5.41) is 0. The molecule has 0 aromatic carbocycles. The van der Waals surface area contributed by atoms with Gasteiger partial charge in [-0.3, -0.25) is 0 Å². The zero-order valence-corrected chi connectivity index (χ0v) is 12.5. The van der Waals surface area contributed by atoms with Gasteiger partial charge in [-0.15, -0.1) is 0 Å². The van der Waals surface area contributed by atoms with E-state index < -0.39 is 0 Å². The molecule has 0 saturated carbocycles. The molecule has 5 nitrogen and oxygen atoms in total. The number of piperidine rings is 1. The number of ether oxygens (including phenoxy) is 2. The molecule has 2 rings (SSSR count). The lowest BCUT2D eigenvalue weighted by atomic mass is 9.99. The molecule has 0 amide bonds. The third-order valence-electron chi connectivity index (χ3n) is 3.24. The zero-order valence-electron chi connectivity index (χ0n) is 10.9. The monoisotopic (exact) mass is 315 g/mol. The third-order valence-corrected chi connectivity index (χ3v) is 4.43. The van der Waals surface area contributed by atoms with Crippen LogP contribution in [0.15, 0.2) is 6.07 Å². The van der Waals surface area contributed by atoms with Crippen LogP contribution in [-0.2, 0) is 0 Å². The first-order valence-electron chi connectivity index (χ1n) is 6.00. The van der Waals surface area contributed by atoms with E-state index in [1.807, 2.05) is 0 Å². The first-order valence-corrected chi connectivity index (χ1v) is 6.91. The van der Waals surface area contributed by atoms with Crippen LogP contribution in [0.5, 0.6) is 11.8 Å². The van der Waals surface area contributed by atoms with E-state index >= 15 is 0 Å². The van der Waals surface area contributed by atoms with E-state index in [1.54, 1.807) is 20.3 Å². The maximum absolute atomic E-state index is 5.17. The first-order chi connectivity index (χ1) is 8.63. The Morgan fingerprint density at radius 1 is 1.28 bits per heavy atom. The van der Waals surface area contributed by atoms with Crippen LogP contribution in [0.3, 0.4) is 0 Å². The van der Waals surface area contributed by atoms with Crippen molar-refractivity contribution in [2.75, 3.05) is 32.2 Å². The van der Waals surface area contributed by atoms with E-state index in [-0.39, 0.29) is 0 Å². The van der Waals surface area contributed by atoms with Crippen LogP contribution >= 0.6 is 15.9 Å². The number of hydrogen-bond donors (Lipinski definition) is 0. The second kappa shape index (κ2) is 5.73. The van der Waals surface area contributed by atoms with Crippen LogP contribution in [0, 0.1) is 5.92 Å². The number of rotatable bonds is 3. The summed E-state index contributed by atoms with van der Waals surface area (Å²) in [5.41, 5.74) is 0. The Bertz CT molecular complexity index is 394. The number of nitrogens with zero attached hydrogens (tertiary/aromatic N) is 3. The van der Waals surface area contributed by atoms with Crippen molar-refractivity contribution in [2.24, 2.45) is 5.92 Å². The van der Waals surface area contributed by atoms with Gasteiger partial charge in [-0.05, 0) is 12.3 Å². The van der Waals surface area contributed by atoms with Crippen molar-refractivity contribution in [3.05, 3.63) is 6.07 Å². The van der Waals surface area contributed by atoms with E-state index in [4.69, 9.17) is 9.47 Å². The molecule has 0 bridgehead atoms. The molecule has 0 aliphatic carbocycles. The lowest BCUT2D eigenvalue weighted by Crippen LogP contribution is -2.41. The minimum absolute atomic E-state index is 0.465. The SMILES string of the molecule is COc1cc(OC)nc(N2CCC(C)C(Br)C2)n1. The maximum Gasteiger partial charge on any atom is 0.232 e. The fraction of sp³-hybridized carbons (Fsp3) is 0.667. The molecule has 2 unspecified atom stereocenters. The van der Waals surface area contributed by atoms with Crippen molar-refractivity contribution in [3.63, 3.8) is 0 Å². The largest absolute Gasteiger partial charge is 0.481 e. The molecule has 1 aliphatic heterocycles. The third kappa shape index (κ3) is 2.85. The molecule has 1 saturated heterocycles. The van der Waals surface area contributed by atoms with Gasteiger partial charge in [0.25, 0.3) is 0 Å². The van der Waals surface area contributed by atoms with E-state index in [1.165, 1.54) is 0 Å². The Hall–Kier alpha value is -1.04. The van der Waals surface area contributed by atoms with Crippen molar-refractivity contribution < 1.29 is 9.47 Å². The molecule has 1 aromatic rings. The fourth-order valence-corrected chi connectivity index (χ4v) is 2.56. The Kier molecular flexibility index (Phi) is 4.27. The Morgan fingerprint density at radius 3 is 2.39 bits per heavy atom. The van der Waals surface area contributed by atoms with E-state index in [9.17, 15) is 0 Å². The van der Waals surface area contributed by atoms with Crippen LogP contribution in [0.4, 0.5) is 5.95 Å². The predicted molar refractivity (Wildman–Crippen MR) is 73.8 cm³/mol. The van der Waals surface area contributed by atoms with Crippen LogP contribution in [0.25, 0.3) is 0 Å². The Morgan fingerprint density at radius 2 is 1.89 bits per heavy atom. The van der Waals surface area contributed by atoms with E-state index in [0.717, 1.165) is 19.5 Å². The van der Waals surface area contributed by atoms with Crippen molar-refractivity contribution >= 4 is 21.9 Å². The van der Waals surface area contributed by atoms with Gasteiger partial charge in [0, 0.05) is 17.9 Å². The highest BCUT2D eigenvalue weighted by Gasteiger charge is 2.26. The fourth-order valence-electron chi connectivity index (χ4n) is 1.95. The highest BCUT2D eigenvalue weighted by Crippen LogP contribution is 2.27. The molecule has 6 heteroatoms. The van der Waals surface area contributed by atoms with Crippen LogP contribution in [0.1, 0.15) is 13.3 Å². The molecule has 1 aromatic heterocycles. The van der Waals surface area contributed by atoms with Gasteiger partial charge in [0.1, 0.15) is 0 Å². The molecule has 100 valence electrons. The standard InChI is InChI=1S/C12H18BrN3O2/c1-8-4-5-16(7-9(8)13)12-14-10(17-2)6-11(15-12)18-3/h6,8-9H,4-5,7H2,1-3H3. The van der Waals surface area contributed by atoms with E-state index in [2.05, 4.69) is 37.7 Å². The van der Waals surface area contributed by atoms with Crippen LogP contribution < -0.4 is 14.4 Å². The summed E-state index contributed by atoms with van der Waals surface area (Å²) in [4.78, 5) is 11.4. The average molecular weight is 316 g/mol. The quantitative estimate of drug-likeness (QED) is 0.799. The van der Waals surface area contributed by atoms with Crippen molar-refractivity contribution in [1.82, 2.24) is 9.97 Å². The van der Waals surface area contributed by atoms with Gasteiger partial charge >= 0.3 is 0 Å². The molecule has 2 heterocycles. The van der Waals surface area contributed by atoms with Crippen LogP contribution in [0.2, 0.25) is 0 Å². The molecule has 1 aliphatic rings. The highest BCUT2D eigenvalue weighted by atomic mass is 79.9. The smallest absolute Gasteiger partial charge is 0.232 e. The first kappa shape index (κ1) is 13.4. The Labute approximate surface area is 116 Å². The second-order valence-electron chi connectivity index (χ2n) is 4.48. The van der Waals surface area contributed by atoms with Crippen LogP contribution in [-0.4, -0.2) is 42.1 Å². The van der Waals surface area contributed by atoms with Gasteiger partial charge in [0.15, 0.2) is 0 Å². The molecule has 0 spiro atoms. The normalized spacial score (nSPS) is 23.9. The predicted octanol–water partition coefficient (Wildman–Crippen LogP) is 2.10. The number of anilines is 1. The molecule has 0 N–H and O–H groups in total. The number of aromatic nitrogens is 2. The zero-order chi connectivity index (χ0) is 13.1. The molecular weight excluding hydrogens is 298 g/mol. The van der Waals surface area contributed by atoms with Crippen molar-refractivity contribution in [3.8, 4) is 11.8 Å². The maximum atomic E-state index is 5.17. The van der Waals surface area contributed by atoms with Crippen molar-refractivity contribution in [1.29, 1.82) is 0 Å². The summed E-state index contributed by atoms with van der Waals surface area (Å²) < 4.78 is 10.3. The summed E-state index contributed by atoms with van der Waals surface area (Å²) in [7, 11) is 3.19. The minimum atomic E-state index is 0.465. The number of methoxy groups -OCH3 is 2. The highest BCUT2D eigenvalue weighted by molar-refractivity contribution is 9.09. The number of halogens is 1. The Balaban J connectivity index is 2.22. The lowest BCUT2D eigenvalue weighted by molar-refractivity contribution is 0.369. The molecule has 0 radical (unpaired) electrons. The van der Waals surface area contributed by atoms with Gasteiger partial charge in [0.05, 0.1) is 20.3 Å². The second-order valence-corrected chi connectivity index (χ2v) is 5.66. The van der Waals surface area contributed by atoms with Gasteiger partial charge < -0.3 is 14.4 Å². The molecule has 2 atom stereocenters. The van der Waals surface area contributed by atoms with Crippen molar-refractivity contribution in [2.45, 2.75) is 18.2 Å². The van der Waals surface area contributed by atoms with Gasteiger partial charge in [-0.2, -0.15) is 9.97 Å². The van der Waals surface area contributed by atoms with E-state index in [0.29, 0.717) is 28.5 Å². The molecule has 18 heavy (non-hydrogen) atoms. The molecule has 1 fully saturated rings. The lowest BCUT2D eigenvalue weighted by Gasteiger charge is -2.34. The summed E-state index contributed by atoms with van der Waals surface area (Å²) in [6.45, 7) is 4.11. The number of hydrogen-bond acceptors (Lipinski definition) is 5. The summed E-state index contributed by atoms with van der Waals surface area (Å²) in [6.07, 6.45) is 1.12. The summed E-state index contributed by atoms with van der Waals surface area (Å²) in [5.74, 6) is 2.40. The summed E-state index contributed by atoms with van der Waals surface area (Å²) >= 11 is 3.70. The van der Waals surface area contributed by atoms with Gasteiger partial charge in [-0.25, -0.2) is 0 Å². The van der Waals surface area contributed by atoms with Gasteiger partial charge in [0.2, 0.25) is 17.7 Å². The average Bonchev–Trinajstić information content (AvgIpc) is 2.41.